The van der Waals surface area contributed by atoms with Crippen LogP contribution < -0.4 is 0 Å². The van der Waals surface area contributed by atoms with Crippen LogP contribution in [-0.2, 0) is 19.3 Å². The fourth-order valence-electron chi connectivity index (χ4n) is 3.68. The Kier molecular flexibility index (Phi) is 6.06. The maximum absolute atomic E-state index is 13.1. The number of benzene rings is 2. The third kappa shape index (κ3) is 5.31. The van der Waals surface area contributed by atoms with Crippen LogP contribution in [0.5, 0.6) is 0 Å². The van der Waals surface area contributed by atoms with E-state index in [4.69, 9.17) is 0 Å². The number of nitrogens with zero attached hydrogens (tertiary/aromatic N) is 4. The molecule has 162 valence electrons. The van der Waals surface area contributed by atoms with Crippen molar-refractivity contribution in [2.45, 2.75) is 38.5 Å². The van der Waals surface area contributed by atoms with Crippen molar-refractivity contribution < 1.29 is 18.0 Å². The summed E-state index contributed by atoms with van der Waals surface area (Å²) in [4.78, 5) is 14.9. The van der Waals surface area contributed by atoms with E-state index in [-0.39, 0.29) is 18.1 Å². The maximum Gasteiger partial charge on any atom is 0.416 e. The van der Waals surface area contributed by atoms with Crippen molar-refractivity contribution in [2.75, 3.05) is 6.54 Å². The quantitative estimate of drug-likeness (QED) is 0.544. The van der Waals surface area contributed by atoms with Crippen molar-refractivity contribution in [3.05, 3.63) is 83.2 Å². The summed E-state index contributed by atoms with van der Waals surface area (Å²) in [5.41, 5.74) is 0.957. The standard InChI is InChI=1S/C23H23F3N4O/c24-23(25,26)20-11-5-10-19(12-20)15-30-16-21(27-28-30)22(31)29(14-18-8-4-9-18)13-17-6-2-1-3-7-17/h1-3,5-7,10-12,16,18H,4,8-9,13-15H2. The van der Waals surface area contributed by atoms with Crippen LogP contribution in [0.15, 0.2) is 60.8 Å². The molecule has 0 atom stereocenters. The molecule has 1 saturated carbocycles. The summed E-state index contributed by atoms with van der Waals surface area (Å²) in [5.74, 6) is 0.277. The maximum atomic E-state index is 13.1. The van der Waals surface area contributed by atoms with Gasteiger partial charge in [-0.3, -0.25) is 4.79 Å². The average molecular weight is 428 g/mol. The molecule has 8 heteroatoms. The Morgan fingerprint density at radius 3 is 2.48 bits per heavy atom. The summed E-state index contributed by atoms with van der Waals surface area (Å²) >= 11 is 0. The predicted octanol–water partition coefficient (Wildman–Crippen LogP) is 4.79. The summed E-state index contributed by atoms with van der Waals surface area (Å²) in [7, 11) is 0. The molecule has 0 unspecified atom stereocenters. The number of hydrogen-bond acceptors (Lipinski definition) is 3. The zero-order valence-corrected chi connectivity index (χ0v) is 16.9. The van der Waals surface area contributed by atoms with Gasteiger partial charge in [-0.25, -0.2) is 4.68 Å². The van der Waals surface area contributed by atoms with Crippen molar-refractivity contribution in [1.29, 1.82) is 0 Å². The third-order valence-corrected chi connectivity index (χ3v) is 5.56. The van der Waals surface area contributed by atoms with E-state index in [2.05, 4.69) is 10.3 Å². The Labute approximate surface area is 178 Å². The second kappa shape index (κ2) is 8.91. The molecule has 0 bridgehead atoms. The first-order valence-corrected chi connectivity index (χ1v) is 10.3. The van der Waals surface area contributed by atoms with Gasteiger partial charge >= 0.3 is 6.18 Å². The lowest BCUT2D eigenvalue weighted by Crippen LogP contribution is -2.37. The van der Waals surface area contributed by atoms with Crippen LogP contribution in [0, 0.1) is 5.92 Å². The minimum Gasteiger partial charge on any atom is -0.333 e. The van der Waals surface area contributed by atoms with E-state index >= 15 is 0 Å². The van der Waals surface area contributed by atoms with Crippen LogP contribution in [0.4, 0.5) is 13.2 Å². The molecule has 5 nitrogen and oxygen atoms in total. The van der Waals surface area contributed by atoms with E-state index < -0.39 is 11.7 Å². The largest absolute Gasteiger partial charge is 0.416 e. The van der Waals surface area contributed by atoms with Crippen LogP contribution in [-0.4, -0.2) is 32.3 Å². The molecular weight excluding hydrogens is 405 g/mol. The Morgan fingerprint density at radius 2 is 1.81 bits per heavy atom. The lowest BCUT2D eigenvalue weighted by Gasteiger charge is -2.32. The smallest absolute Gasteiger partial charge is 0.333 e. The Morgan fingerprint density at radius 1 is 1.06 bits per heavy atom. The highest BCUT2D eigenvalue weighted by Crippen LogP contribution is 2.30. The number of carbonyl (C=O) groups excluding carboxylic acids is 1. The van der Waals surface area contributed by atoms with Gasteiger partial charge in [-0.05, 0) is 42.0 Å². The molecular formula is C23H23F3N4O. The van der Waals surface area contributed by atoms with Crippen molar-refractivity contribution in [1.82, 2.24) is 19.9 Å². The van der Waals surface area contributed by atoms with Crippen LogP contribution in [0.3, 0.4) is 0 Å². The van der Waals surface area contributed by atoms with Crippen LogP contribution in [0.1, 0.15) is 46.4 Å². The van der Waals surface area contributed by atoms with Gasteiger partial charge in [0.15, 0.2) is 5.69 Å². The molecule has 2 aromatic carbocycles. The first-order valence-electron chi connectivity index (χ1n) is 10.3. The van der Waals surface area contributed by atoms with E-state index in [1.807, 2.05) is 30.3 Å². The molecule has 0 radical (unpaired) electrons. The highest BCUT2D eigenvalue weighted by molar-refractivity contribution is 5.91. The topological polar surface area (TPSA) is 51.0 Å². The van der Waals surface area contributed by atoms with E-state index in [0.717, 1.165) is 30.5 Å². The van der Waals surface area contributed by atoms with Gasteiger partial charge in [0, 0.05) is 13.1 Å². The fourth-order valence-corrected chi connectivity index (χ4v) is 3.68. The predicted molar refractivity (Wildman–Crippen MR) is 109 cm³/mol. The van der Waals surface area contributed by atoms with Crippen LogP contribution in [0.25, 0.3) is 0 Å². The minimum absolute atomic E-state index is 0.103. The molecule has 1 aliphatic carbocycles. The monoisotopic (exact) mass is 428 g/mol. The van der Waals surface area contributed by atoms with Gasteiger partial charge in [0.1, 0.15) is 0 Å². The van der Waals surface area contributed by atoms with Gasteiger partial charge in [0.05, 0.1) is 18.3 Å². The van der Waals surface area contributed by atoms with E-state index in [1.165, 1.54) is 23.4 Å². The molecule has 3 aromatic rings. The summed E-state index contributed by atoms with van der Waals surface area (Å²) in [6.45, 7) is 1.25. The molecule has 1 aromatic heterocycles. The van der Waals surface area contributed by atoms with Gasteiger partial charge in [-0.1, -0.05) is 54.1 Å². The summed E-state index contributed by atoms with van der Waals surface area (Å²) in [6, 6.07) is 14.8. The summed E-state index contributed by atoms with van der Waals surface area (Å²) in [6.07, 6.45) is 0.507. The van der Waals surface area contributed by atoms with Gasteiger partial charge in [0.25, 0.3) is 5.91 Å². The second-order valence-corrected chi connectivity index (χ2v) is 7.97. The molecule has 0 N–H and O–H groups in total. The van der Waals surface area contributed by atoms with Crippen LogP contribution in [0.2, 0.25) is 0 Å². The SMILES string of the molecule is O=C(c1cn(Cc2cccc(C(F)(F)F)c2)nn1)N(Cc1ccccc1)CC1CCC1. The minimum atomic E-state index is -4.40. The van der Waals surface area contributed by atoms with Crippen molar-refractivity contribution in [3.8, 4) is 0 Å². The first-order chi connectivity index (χ1) is 14.9. The molecule has 4 rings (SSSR count). The number of halogens is 3. The van der Waals surface area contributed by atoms with Crippen LogP contribution >= 0.6 is 0 Å². The normalized spacial score (nSPS) is 14.3. The van der Waals surface area contributed by atoms with Gasteiger partial charge in [-0.2, -0.15) is 13.2 Å². The third-order valence-electron chi connectivity index (χ3n) is 5.56. The molecule has 1 fully saturated rings. The number of carbonyl (C=O) groups is 1. The summed E-state index contributed by atoms with van der Waals surface area (Å²) in [5, 5.41) is 7.96. The van der Waals surface area contributed by atoms with E-state index in [1.54, 1.807) is 11.0 Å². The number of aromatic nitrogens is 3. The van der Waals surface area contributed by atoms with Crippen molar-refractivity contribution in [2.24, 2.45) is 5.92 Å². The van der Waals surface area contributed by atoms with Crippen molar-refractivity contribution >= 4 is 5.91 Å². The Hall–Kier alpha value is -3.16. The van der Waals surface area contributed by atoms with Gasteiger partial charge < -0.3 is 4.90 Å². The second-order valence-electron chi connectivity index (χ2n) is 7.97. The zero-order valence-electron chi connectivity index (χ0n) is 16.9. The molecule has 1 heterocycles. The highest BCUT2D eigenvalue weighted by Gasteiger charge is 2.30. The summed E-state index contributed by atoms with van der Waals surface area (Å²) < 4.78 is 40.2. The number of alkyl halides is 3. The number of amides is 1. The zero-order chi connectivity index (χ0) is 21.8. The van der Waals surface area contributed by atoms with E-state index in [9.17, 15) is 18.0 Å². The van der Waals surface area contributed by atoms with Gasteiger partial charge in [0.2, 0.25) is 0 Å². The average Bonchev–Trinajstić information content (AvgIpc) is 3.18. The number of hydrogen-bond donors (Lipinski definition) is 0. The number of rotatable bonds is 7. The Balaban J connectivity index is 1.48. The fraction of sp³-hybridized carbons (Fsp3) is 0.348. The highest BCUT2D eigenvalue weighted by atomic mass is 19.4. The molecule has 0 spiro atoms. The molecule has 1 aliphatic rings. The lowest BCUT2D eigenvalue weighted by atomic mass is 9.85. The van der Waals surface area contributed by atoms with Gasteiger partial charge in [-0.15, -0.1) is 5.10 Å². The molecule has 31 heavy (non-hydrogen) atoms. The Bertz CT molecular complexity index is 1030. The molecule has 0 aliphatic heterocycles. The molecule has 0 saturated heterocycles. The molecule has 1 amide bonds. The van der Waals surface area contributed by atoms with E-state index in [0.29, 0.717) is 24.6 Å². The van der Waals surface area contributed by atoms with Crippen molar-refractivity contribution in [3.63, 3.8) is 0 Å². The lowest BCUT2D eigenvalue weighted by molar-refractivity contribution is -0.137. The first kappa shape index (κ1) is 21.1.